The largest absolute Gasteiger partial charge is 0.383 e. The number of aryl methyl sites for hydroxylation is 2. The van der Waals surface area contributed by atoms with Crippen molar-refractivity contribution in [2.75, 3.05) is 13.7 Å². The number of fused-ring (bicyclic) bond motifs is 3. The highest BCUT2D eigenvalue weighted by Crippen LogP contribution is 2.14. The minimum absolute atomic E-state index is 0.0837. The van der Waals surface area contributed by atoms with E-state index in [0.717, 1.165) is 5.52 Å². The number of ether oxygens (including phenoxy) is 1. The Morgan fingerprint density at radius 3 is 2.85 bits per heavy atom. The molecule has 0 saturated heterocycles. The van der Waals surface area contributed by atoms with Gasteiger partial charge in [0, 0.05) is 19.9 Å². The van der Waals surface area contributed by atoms with Crippen LogP contribution in [0.4, 0.5) is 0 Å². The molecule has 0 spiro atoms. The van der Waals surface area contributed by atoms with Crippen LogP contribution in [0.5, 0.6) is 0 Å². The molecule has 3 aromatic rings. The molecule has 3 heterocycles. The topological polar surface area (TPSA) is 74.3 Å². The van der Waals surface area contributed by atoms with Crippen LogP contribution in [0.15, 0.2) is 17.1 Å². The molecule has 0 aliphatic carbocycles. The number of hydrogen-bond donors (Lipinski definition) is 0. The van der Waals surface area contributed by atoms with Gasteiger partial charge in [-0.25, -0.2) is 4.98 Å². The average Bonchev–Trinajstić information content (AvgIpc) is 2.78. The second-order valence-corrected chi connectivity index (χ2v) is 4.64. The number of nitrogens with zero attached hydrogens (tertiary/aromatic N) is 5. The van der Waals surface area contributed by atoms with Gasteiger partial charge >= 0.3 is 0 Å². The highest BCUT2D eigenvalue weighted by molar-refractivity contribution is 5.81. The lowest BCUT2D eigenvalue weighted by Gasteiger charge is -2.08. The summed E-state index contributed by atoms with van der Waals surface area (Å²) in [5, 5.41) is 4.86. The zero-order valence-electron chi connectivity index (χ0n) is 11.6. The molecular weight excluding hydrogens is 258 g/mol. The van der Waals surface area contributed by atoms with E-state index in [4.69, 9.17) is 4.74 Å². The van der Waals surface area contributed by atoms with E-state index in [9.17, 15) is 4.79 Å². The van der Waals surface area contributed by atoms with Gasteiger partial charge in [-0.15, -0.1) is 5.10 Å². The molecule has 7 heteroatoms. The van der Waals surface area contributed by atoms with Gasteiger partial charge in [0.25, 0.3) is 11.3 Å². The summed E-state index contributed by atoms with van der Waals surface area (Å²) in [5.74, 6) is 1.15. The van der Waals surface area contributed by atoms with Crippen molar-refractivity contribution in [3.05, 3.63) is 34.1 Å². The average molecular weight is 273 g/mol. The molecule has 0 N–H and O–H groups in total. The maximum Gasteiger partial charge on any atom is 0.261 e. The first-order valence-electron chi connectivity index (χ1n) is 6.34. The summed E-state index contributed by atoms with van der Waals surface area (Å²) >= 11 is 0. The van der Waals surface area contributed by atoms with E-state index < -0.39 is 0 Å². The highest BCUT2D eigenvalue weighted by Gasteiger charge is 2.13. The molecule has 104 valence electrons. The fourth-order valence-corrected chi connectivity index (χ4v) is 2.29. The summed E-state index contributed by atoms with van der Waals surface area (Å²) in [6.45, 7) is 4.62. The Bertz CT molecular complexity index is 849. The second-order valence-electron chi connectivity index (χ2n) is 4.64. The first-order chi connectivity index (χ1) is 9.61. The number of methoxy groups -OCH3 is 1. The number of rotatable bonds is 3. The monoisotopic (exact) mass is 273 g/mol. The Morgan fingerprint density at radius 1 is 1.30 bits per heavy atom. The smallest absolute Gasteiger partial charge is 0.261 e. The van der Waals surface area contributed by atoms with E-state index >= 15 is 0 Å². The van der Waals surface area contributed by atoms with Crippen molar-refractivity contribution in [2.45, 2.75) is 20.4 Å². The lowest BCUT2D eigenvalue weighted by Crippen LogP contribution is -2.23. The number of aromatic nitrogens is 5. The van der Waals surface area contributed by atoms with Crippen LogP contribution in [0.1, 0.15) is 11.5 Å². The highest BCUT2D eigenvalue weighted by atomic mass is 16.5. The van der Waals surface area contributed by atoms with Gasteiger partial charge in [0.05, 0.1) is 23.2 Å². The summed E-state index contributed by atoms with van der Waals surface area (Å²) in [4.78, 5) is 21.1. The second kappa shape index (κ2) is 4.68. The van der Waals surface area contributed by atoms with Crippen LogP contribution in [0.2, 0.25) is 0 Å². The Balaban J connectivity index is 2.34. The van der Waals surface area contributed by atoms with Gasteiger partial charge < -0.3 is 9.30 Å². The fourth-order valence-electron chi connectivity index (χ4n) is 2.29. The summed E-state index contributed by atoms with van der Waals surface area (Å²) in [7, 11) is 1.61. The Hall–Kier alpha value is -2.28. The molecule has 0 amide bonds. The maximum absolute atomic E-state index is 12.5. The van der Waals surface area contributed by atoms with Crippen LogP contribution in [0, 0.1) is 13.8 Å². The number of hydrogen-bond acceptors (Lipinski definition) is 5. The maximum atomic E-state index is 12.5. The van der Waals surface area contributed by atoms with E-state index in [1.807, 2.05) is 13.0 Å². The van der Waals surface area contributed by atoms with Crippen molar-refractivity contribution in [3.63, 3.8) is 0 Å². The Labute approximate surface area is 114 Å². The molecule has 0 aliphatic rings. The fraction of sp³-hybridized carbons (Fsp3) is 0.385. The van der Waals surface area contributed by atoms with Gasteiger partial charge in [-0.3, -0.25) is 4.79 Å². The molecule has 7 nitrogen and oxygen atoms in total. The van der Waals surface area contributed by atoms with Crippen molar-refractivity contribution in [1.29, 1.82) is 0 Å². The predicted molar refractivity (Wildman–Crippen MR) is 73.9 cm³/mol. The molecule has 0 aliphatic heterocycles. The summed E-state index contributed by atoms with van der Waals surface area (Å²) < 4.78 is 8.25. The van der Waals surface area contributed by atoms with Crippen molar-refractivity contribution in [1.82, 2.24) is 24.1 Å². The molecule has 20 heavy (non-hydrogen) atoms. The van der Waals surface area contributed by atoms with Gasteiger partial charge in [0.2, 0.25) is 0 Å². The minimum Gasteiger partial charge on any atom is -0.383 e. The standard InChI is InChI=1S/C13H15N5O2/c1-8-11-10(18-13(14-8)15-9(2)16-18)4-5-17(12(11)19)6-7-20-3/h4-5H,6-7H2,1-3H3. The first kappa shape index (κ1) is 12.7. The molecule has 0 bridgehead atoms. The van der Waals surface area contributed by atoms with Crippen molar-refractivity contribution >= 4 is 16.7 Å². The molecule has 3 rings (SSSR count). The van der Waals surface area contributed by atoms with Crippen molar-refractivity contribution in [3.8, 4) is 0 Å². The first-order valence-corrected chi connectivity index (χ1v) is 6.34. The summed E-state index contributed by atoms with van der Waals surface area (Å²) in [5.41, 5.74) is 1.31. The van der Waals surface area contributed by atoms with Crippen LogP contribution >= 0.6 is 0 Å². The van der Waals surface area contributed by atoms with Crippen LogP contribution in [0.25, 0.3) is 16.7 Å². The van der Waals surface area contributed by atoms with E-state index in [1.165, 1.54) is 0 Å². The van der Waals surface area contributed by atoms with Crippen LogP contribution in [0.3, 0.4) is 0 Å². The predicted octanol–water partition coefficient (Wildman–Crippen LogP) is 0.702. The third-order valence-electron chi connectivity index (χ3n) is 3.23. The van der Waals surface area contributed by atoms with Crippen LogP contribution < -0.4 is 5.56 Å². The van der Waals surface area contributed by atoms with Crippen molar-refractivity contribution < 1.29 is 4.74 Å². The molecule has 0 atom stereocenters. The normalized spacial score (nSPS) is 11.6. The van der Waals surface area contributed by atoms with Gasteiger partial charge in [-0.1, -0.05) is 0 Å². The van der Waals surface area contributed by atoms with E-state index in [0.29, 0.717) is 35.8 Å². The molecule has 0 radical (unpaired) electrons. The SMILES string of the molecule is COCCn1ccc2c(c(C)nc3nc(C)nn32)c1=O. The zero-order chi connectivity index (χ0) is 14.3. The van der Waals surface area contributed by atoms with E-state index in [2.05, 4.69) is 15.1 Å². The van der Waals surface area contributed by atoms with Crippen LogP contribution in [-0.4, -0.2) is 37.9 Å². The van der Waals surface area contributed by atoms with Crippen molar-refractivity contribution in [2.24, 2.45) is 0 Å². The van der Waals surface area contributed by atoms with E-state index in [1.54, 1.807) is 29.3 Å². The summed E-state index contributed by atoms with van der Waals surface area (Å²) in [6.07, 6.45) is 1.75. The minimum atomic E-state index is -0.0837. The zero-order valence-corrected chi connectivity index (χ0v) is 11.6. The molecule has 3 aromatic heterocycles. The van der Waals surface area contributed by atoms with Gasteiger partial charge in [-0.05, 0) is 19.9 Å². The van der Waals surface area contributed by atoms with Gasteiger partial charge in [0.1, 0.15) is 5.82 Å². The quantitative estimate of drug-likeness (QED) is 0.702. The van der Waals surface area contributed by atoms with Crippen LogP contribution in [-0.2, 0) is 11.3 Å². The third-order valence-corrected chi connectivity index (χ3v) is 3.23. The third kappa shape index (κ3) is 1.87. The lowest BCUT2D eigenvalue weighted by atomic mass is 10.2. The molecule has 0 aromatic carbocycles. The number of pyridine rings is 1. The Kier molecular flexibility index (Phi) is 2.98. The Morgan fingerprint density at radius 2 is 2.10 bits per heavy atom. The molecule has 0 saturated carbocycles. The molecule has 0 unspecified atom stereocenters. The van der Waals surface area contributed by atoms with E-state index in [-0.39, 0.29) is 5.56 Å². The van der Waals surface area contributed by atoms with Gasteiger partial charge in [-0.2, -0.15) is 9.50 Å². The summed E-state index contributed by atoms with van der Waals surface area (Å²) in [6, 6.07) is 1.86. The molecular formula is C13H15N5O2. The molecule has 0 fully saturated rings. The van der Waals surface area contributed by atoms with Gasteiger partial charge in [0.15, 0.2) is 0 Å². The lowest BCUT2D eigenvalue weighted by molar-refractivity contribution is 0.186.